The van der Waals surface area contributed by atoms with Crippen LogP contribution in [0.2, 0.25) is 0 Å². The summed E-state index contributed by atoms with van der Waals surface area (Å²) in [6.07, 6.45) is 1.45. The zero-order valence-electron chi connectivity index (χ0n) is 8.41. The molecule has 0 unspecified atom stereocenters. The predicted molar refractivity (Wildman–Crippen MR) is 54.3 cm³/mol. The molecule has 4 heteroatoms. The molecule has 1 N–H and O–H groups in total. The first-order chi connectivity index (χ1) is 6.69. The fourth-order valence-corrected chi connectivity index (χ4v) is 1.24. The summed E-state index contributed by atoms with van der Waals surface area (Å²) in [6, 6.07) is 2.90. The fraction of sp³-hybridized carbons (Fsp3) is 0.400. The van der Waals surface area contributed by atoms with Crippen molar-refractivity contribution >= 4 is 5.91 Å². The van der Waals surface area contributed by atoms with Crippen LogP contribution in [0, 0.1) is 0 Å². The number of nitrogens with one attached hydrogen (secondary N) is 1. The molecule has 0 saturated heterocycles. The topological polar surface area (TPSA) is 53.2 Å². The normalized spacial score (nSPS) is 9.86. The SMILES string of the molecule is CCN(CC)C(=O)c1ccc(=O)[nH]c1. The Morgan fingerprint density at radius 1 is 1.36 bits per heavy atom. The van der Waals surface area contributed by atoms with Crippen molar-refractivity contribution in [3.8, 4) is 0 Å². The van der Waals surface area contributed by atoms with E-state index in [4.69, 9.17) is 0 Å². The van der Waals surface area contributed by atoms with Crippen LogP contribution in [0.5, 0.6) is 0 Å². The molecule has 1 rings (SSSR count). The minimum atomic E-state index is -0.193. The van der Waals surface area contributed by atoms with Crippen LogP contribution in [0.3, 0.4) is 0 Å². The molecule has 0 spiro atoms. The summed E-state index contributed by atoms with van der Waals surface area (Å²) in [5.74, 6) is -0.0498. The van der Waals surface area contributed by atoms with Crippen LogP contribution in [0.25, 0.3) is 0 Å². The van der Waals surface area contributed by atoms with E-state index in [2.05, 4.69) is 4.98 Å². The molecule has 0 bridgehead atoms. The van der Waals surface area contributed by atoms with Crippen molar-refractivity contribution in [3.05, 3.63) is 34.2 Å². The van der Waals surface area contributed by atoms with E-state index in [9.17, 15) is 9.59 Å². The molecule has 0 aliphatic heterocycles. The van der Waals surface area contributed by atoms with Crippen LogP contribution >= 0.6 is 0 Å². The molecule has 1 aromatic rings. The zero-order valence-corrected chi connectivity index (χ0v) is 8.41. The lowest BCUT2D eigenvalue weighted by molar-refractivity contribution is 0.0772. The Bertz CT molecular complexity index is 346. The van der Waals surface area contributed by atoms with Crippen LogP contribution in [-0.2, 0) is 0 Å². The Labute approximate surface area is 82.6 Å². The van der Waals surface area contributed by atoms with Crippen molar-refractivity contribution in [1.29, 1.82) is 0 Å². The van der Waals surface area contributed by atoms with Gasteiger partial charge in [-0.05, 0) is 19.9 Å². The first-order valence-corrected chi connectivity index (χ1v) is 4.67. The quantitative estimate of drug-likeness (QED) is 0.775. The molecule has 1 heterocycles. The van der Waals surface area contributed by atoms with Gasteiger partial charge in [-0.15, -0.1) is 0 Å². The van der Waals surface area contributed by atoms with E-state index in [0.717, 1.165) is 0 Å². The molecule has 0 saturated carbocycles. The van der Waals surface area contributed by atoms with Gasteiger partial charge in [0.15, 0.2) is 0 Å². The largest absolute Gasteiger partial charge is 0.339 e. The maximum absolute atomic E-state index is 11.7. The molecule has 0 radical (unpaired) electrons. The van der Waals surface area contributed by atoms with Gasteiger partial charge in [-0.1, -0.05) is 0 Å². The molecule has 1 aromatic heterocycles. The monoisotopic (exact) mass is 194 g/mol. The third kappa shape index (κ3) is 2.22. The van der Waals surface area contributed by atoms with Gasteiger partial charge < -0.3 is 9.88 Å². The van der Waals surface area contributed by atoms with Gasteiger partial charge in [-0.25, -0.2) is 0 Å². The maximum atomic E-state index is 11.7. The number of carbonyl (C=O) groups excluding carboxylic acids is 1. The van der Waals surface area contributed by atoms with Gasteiger partial charge in [0, 0.05) is 25.4 Å². The molecule has 4 nitrogen and oxygen atoms in total. The second kappa shape index (κ2) is 4.60. The highest BCUT2D eigenvalue weighted by molar-refractivity contribution is 5.93. The number of nitrogens with zero attached hydrogens (tertiary/aromatic N) is 1. The number of H-pyrrole nitrogens is 1. The average Bonchev–Trinajstić information content (AvgIpc) is 2.20. The first kappa shape index (κ1) is 10.5. The van der Waals surface area contributed by atoms with Crippen LogP contribution in [0.15, 0.2) is 23.1 Å². The lowest BCUT2D eigenvalue weighted by atomic mass is 10.2. The summed E-state index contributed by atoms with van der Waals surface area (Å²) in [6.45, 7) is 5.20. The Balaban J connectivity index is 2.88. The van der Waals surface area contributed by atoms with E-state index in [0.29, 0.717) is 18.7 Å². The van der Waals surface area contributed by atoms with Crippen molar-refractivity contribution in [3.63, 3.8) is 0 Å². The number of hydrogen-bond acceptors (Lipinski definition) is 2. The van der Waals surface area contributed by atoms with Crippen LogP contribution < -0.4 is 5.56 Å². The average molecular weight is 194 g/mol. The number of carbonyl (C=O) groups is 1. The standard InChI is InChI=1S/C10H14N2O2/c1-3-12(4-2)10(14)8-5-6-9(13)11-7-8/h5-7H,3-4H2,1-2H3,(H,11,13). The highest BCUT2D eigenvalue weighted by Crippen LogP contribution is 2.00. The van der Waals surface area contributed by atoms with E-state index >= 15 is 0 Å². The van der Waals surface area contributed by atoms with Gasteiger partial charge in [-0.2, -0.15) is 0 Å². The number of pyridine rings is 1. The lowest BCUT2D eigenvalue weighted by Crippen LogP contribution is -2.30. The summed E-state index contributed by atoms with van der Waals surface area (Å²) in [7, 11) is 0. The number of rotatable bonds is 3. The Hall–Kier alpha value is -1.58. The molecule has 0 aliphatic carbocycles. The minimum Gasteiger partial charge on any atom is -0.339 e. The molecule has 1 amide bonds. The molecule has 0 aromatic carbocycles. The highest BCUT2D eigenvalue weighted by atomic mass is 16.2. The molecular weight excluding hydrogens is 180 g/mol. The number of hydrogen-bond donors (Lipinski definition) is 1. The van der Waals surface area contributed by atoms with Crippen molar-refractivity contribution in [2.75, 3.05) is 13.1 Å². The van der Waals surface area contributed by atoms with Crippen molar-refractivity contribution in [1.82, 2.24) is 9.88 Å². The summed E-state index contributed by atoms with van der Waals surface area (Å²) < 4.78 is 0. The van der Waals surface area contributed by atoms with Gasteiger partial charge >= 0.3 is 0 Å². The Morgan fingerprint density at radius 3 is 2.43 bits per heavy atom. The molecule has 0 atom stereocenters. The predicted octanol–water partition coefficient (Wildman–Crippen LogP) is 0.857. The van der Waals surface area contributed by atoms with Gasteiger partial charge in [0.1, 0.15) is 0 Å². The van der Waals surface area contributed by atoms with Crippen LogP contribution in [0.4, 0.5) is 0 Å². The van der Waals surface area contributed by atoms with Crippen molar-refractivity contribution in [2.45, 2.75) is 13.8 Å². The second-order valence-corrected chi connectivity index (χ2v) is 2.92. The lowest BCUT2D eigenvalue weighted by Gasteiger charge is -2.18. The molecule has 0 aliphatic rings. The molecule has 14 heavy (non-hydrogen) atoms. The number of amides is 1. The third-order valence-corrected chi connectivity index (χ3v) is 2.08. The maximum Gasteiger partial charge on any atom is 0.255 e. The van der Waals surface area contributed by atoms with E-state index in [1.54, 1.807) is 11.0 Å². The molecular formula is C10H14N2O2. The smallest absolute Gasteiger partial charge is 0.255 e. The van der Waals surface area contributed by atoms with E-state index < -0.39 is 0 Å². The Morgan fingerprint density at radius 2 is 2.00 bits per heavy atom. The third-order valence-electron chi connectivity index (χ3n) is 2.08. The number of aromatic nitrogens is 1. The summed E-state index contributed by atoms with van der Waals surface area (Å²) in [4.78, 5) is 26.7. The zero-order chi connectivity index (χ0) is 10.6. The highest BCUT2D eigenvalue weighted by Gasteiger charge is 2.11. The van der Waals surface area contributed by atoms with Crippen molar-refractivity contribution < 1.29 is 4.79 Å². The summed E-state index contributed by atoms with van der Waals surface area (Å²) in [5, 5.41) is 0. The molecule has 0 fully saturated rings. The van der Waals surface area contributed by atoms with Gasteiger partial charge in [0.25, 0.3) is 5.91 Å². The van der Waals surface area contributed by atoms with E-state index in [-0.39, 0.29) is 11.5 Å². The van der Waals surface area contributed by atoms with Gasteiger partial charge in [-0.3, -0.25) is 9.59 Å². The van der Waals surface area contributed by atoms with Crippen LogP contribution in [-0.4, -0.2) is 28.9 Å². The van der Waals surface area contributed by atoms with E-state index in [1.807, 2.05) is 13.8 Å². The molecule has 76 valence electrons. The first-order valence-electron chi connectivity index (χ1n) is 4.67. The van der Waals surface area contributed by atoms with Crippen LogP contribution in [0.1, 0.15) is 24.2 Å². The second-order valence-electron chi connectivity index (χ2n) is 2.92. The summed E-state index contributed by atoms with van der Waals surface area (Å²) >= 11 is 0. The van der Waals surface area contributed by atoms with Gasteiger partial charge in [0.05, 0.1) is 5.56 Å². The van der Waals surface area contributed by atoms with Crippen molar-refractivity contribution in [2.24, 2.45) is 0 Å². The van der Waals surface area contributed by atoms with E-state index in [1.165, 1.54) is 12.3 Å². The Kier molecular flexibility index (Phi) is 3.45. The number of aromatic amines is 1. The minimum absolute atomic E-state index is 0.0498. The fourth-order valence-electron chi connectivity index (χ4n) is 1.24. The summed E-state index contributed by atoms with van der Waals surface area (Å²) in [5.41, 5.74) is 0.328. The van der Waals surface area contributed by atoms with Gasteiger partial charge in [0.2, 0.25) is 5.56 Å².